The lowest BCUT2D eigenvalue weighted by atomic mass is 9.88. The van der Waals surface area contributed by atoms with Gasteiger partial charge in [-0.25, -0.2) is 4.79 Å². The lowest BCUT2D eigenvalue weighted by molar-refractivity contribution is 0.0791. The number of nitrogens with zero attached hydrogens (tertiary/aromatic N) is 2. The molecule has 0 aromatic heterocycles. The Bertz CT molecular complexity index is 642. The summed E-state index contributed by atoms with van der Waals surface area (Å²) in [5.41, 5.74) is 1.50. The quantitative estimate of drug-likeness (QED) is 0.444. The standard InChI is InChI=1S/C23H37ClN2O3.ClH/c1-5-28-22(27)26-14-12-25(13-15-26)11-7-6-8-16-29-21-10-9-19(17-20(21)24)18-23(2,3)4;/h9-10,17H,5-8,11-16,18H2,1-4H3;1H. The molecule has 1 amide bonds. The third-order valence-electron chi connectivity index (χ3n) is 5.01. The molecule has 0 saturated carbocycles. The summed E-state index contributed by atoms with van der Waals surface area (Å²) < 4.78 is 10.9. The Labute approximate surface area is 193 Å². The van der Waals surface area contributed by atoms with Crippen molar-refractivity contribution in [1.29, 1.82) is 0 Å². The van der Waals surface area contributed by atoms with E-state index in [4.69, 9.17) is 21.1 Å². The van der Waals surface area contributed by atoms with Crippen molar-refractivity contribution in [2.45, 2.75) is 53.4 Å². The summed E-state index contributed by atoms with van der Waals surface area (Å²) >= 11 is 6.39. The maximum atomic E-state index is 11.7. The van der Waals surface area contributed by atoms with Crippen LogP contribution in [0.2, 0.25) is 5.02 Å². The van der Waals surface area contributed by atoms with Crippen LogP contribution >= 0.6 is 24.0 Å². The highest BCUT2D eigenvalue weighted by atomic mass is 35.5. The van der Waals surface area contributed by atoms with Crippen molar-refractivity contribution in [1.82, 2.24) is 9.80 Å². The van der Waals surface area contributed by atoms with Gasteiger partial charge in [-0.15, -0.1) is 12.4 Å². The van der Waals surface area contributed by atoms with Crippen molar-refractivity contribution in [3.63, 3.8) is 0 Å². The van der Waals surface area contributed by atoms with E-state index in [2.05, 4.69) is 31.7 Å². The second-order valence-corrected chi connectivity index (χ2v) is 9.35. The highest BCUT2D eigenvalue weighted by Crippen LogP contribution is 2.29. The third-order valence-corrected chi connectivity index (χ3v) is 5.30. The third kappa shape index (κ3) is 9.76. The average Bonchev–Trinajstić information content (AvgIpc) is 2.65. The molecule has 1 aromatic rings. The molecule has 1 aliphatic heterocycles. The van der Waals surface area contributed by atoms with Crippen LogP contribution in [-0.4, -0.2) is 61.8 Å². The molecule has 5 nitrogen and oxygen atoms in total. The molecule has 30 heavy (non-hydrogen) atoms. The summed E-state index contributed by atoms with van der Waals surface area (Å²) in [6, 6.07) is 6.13. The van der Waals surface area contributed by atoms with Gasteiger partial charge in [-0.3, -0.25) is 4.90 Å². The summed E-state index contributed by atoms with van der Waals surface area (Å²) in [6.45, 7) is 14.1. The Morgan fingerprint density at radius 2 is 1.80 bits per heavy atom. The first kappa shape index (κ1) is 26.9. The Hall–Kier alpha value is -1.17. The van der Waals surface area contributed by atoms with Crippen LogP contribution in [0.15, 0.2) is 18.2 Å². The second kappa shape index (κ2) is 13.3. The van der Waals surface area contributed by atoms with Crippen LogP contribution in [0.25, 0.3) is 0 Å². The van der Waals surface area contributed by atoms with Crippen LogP contribution in [0.5, 0.6) is 5.75 Å². The van der Waals surface area contributed by atoms with Gasteiger partial charge >= 0.3 is 6.09 Å². The van der Waals surface area contributed by atoms with Crippen molar-refractivity contribution in [2.75, 3.05) is 45.9 Å². The molecule has 0 N–H and O–H groups in total. The fourth-order valence-corrected chi connectivity index (χ4v) is 3.81. The Morgan fingerprint density at radius 3 is 2.40 bits per heavy atom. The van der Waals surface area contributed by atoms with Gasteiger partial charge in [0.25, 0.3) is 0 Å². The fourth-order valence-electron chi connectivity index (χ4n) is 3.55. The molecule has 0 bridgehead atoms. The van der Waals surface area contributed by atoms with Crippen LogP contribution in [0.1, 0.15) is 52.5 Å². The summed E-state index contributed by atoms with van der Waals surface area (Å²) in [5, 5.41) is 0.700. The molecule has 0 unspecified atom stereocenters. The molecule has 0 atom stereocenters. The number of unbranched alkanes of at least 4 members (excludes halogenated alkanes) is 2. The number of hydrogen-bond donors (Lipinski definition) is 0. The van der Waals surface area contributed by atoms with Gasteiger partial charge in [0.1, 0.15) is 5.75 Å². The fraction of sp³-hybridized carbons (Fsp3) is 0.696. The molecule has 0 spiro atoms. The van der Waals surface area contributed by atoms with Gasteiger partial charge in [0.2, 0.25) is 0 Å². The van der Waals surface area contributed by atoms with Gasteiger partial charge in [0.05, 0.1) is 18.2 Å². The molecule has 1 heterocycles. The van der Waals surface area contributed by atoms with Crippen molar-refractivity contribution in [2.24, 2.45) is 5.41 Å². The lowest BCUT2D eigenvalue weighted by Crippen LogP contribution is -2.49. The molecule has 0 aliphatic carbocycles. The minimum atomic E-state index is -0.186. The number of carbonyl (C=O) groups excluding carboxylic acids is 1. The first-order chi connectivity index (χ1) is 13.8. The van der Waals surface area contributed by atoms with Gasteiger partial charge in [-0.2, -0.15) is 0 Å². The first-order valence-electron chi connectivity index (χ1n) is 10.8. The minimum absolute atomic E-state index is 0. The lowest BCUT2D eigenvalue weighted by Gasteiger charge is -2.34. The monoisotopic (exact) mass is 460 g/mol. The number of halogens is 2. The topological polar surface area (TPSA) is 42.0 Å². The Kier molecular flexibility index (Phi) is 11.9. The van der Waals surface area contributed by atoms with Gasteiger partial charge in [0, 0.05) is 26.2 Å². The molecule has 172 valence electrons. The van der Waals surface area contributed by atoms with E-state index in [9.17, 15) is 4.79 Å². The number of rotatable bonds is 9. The van der Waals surface area contributed by atoms with E-state index in [-0.39, 0.29) is 23.9 Å². The second-order valence-electron chi connectivity index (χ2n) is 8.94. The van der Waals surface area contributed by atoms with Gasteiger partial charge in [-0.05, 0) is 62.3 Å². The van der Waals surface area contributed by atoms with Crippen LogP contribution < -0.4 is 4.74 Å². The van der Waals surface area contributed by atoms with E-state index in [0.29, 0.717) is 18.2 Å². The van der Waals surface area contributed by atoms with Crippen LogP contribution in [0.3, 0.4) is 0 Å². The molecule has 1 fully saturated rings. The van der Waals surface area contributed by atoms with E-state index in [1.54, 1.807) is 4.90 Å². The van der Waals surface area contributed by atoms with Gasteiger partial charge < -0.3 is 14.4 Å². The van der Waals surface area contributed by atoms with Gasteiger partial charge in [0.15, 0.2) is 0 Å². The summed E-state index contributed by atoms with van der Waals surface area (Å²) in [5.74, 6) is 0.777. The van der Waals surface area contributed by atoms with E-state index < -0.39 is 0 Å². The zero-order valence-corrected chi connectivity index (χ0v) is 20.5. The number of benzene rings is 1. The summed E-state index contributed by atoms with van der Waals surface area (Å²) in [4.78, 5) is 15.9. The van der Waals surface area contributed by atoms with Crippen LogP contribution in [-0.2, 0) is 11.2 Å². The number of ether oxygens (including phenoxy) is 2. The largest absolute Gasteiger partial charge is 0.492 e. The zero-order chi connectivity index (χ0) is 21.3. The van der Waals surface area contributed by atoms with Gasteiger partial charge in [-0.1, -0.05) is 38.4 Å². The highest BCUT2D eigenvalue weighted by Gasteiger charge is 2.21. The van der Waals surface area contributed by atoms with E-state index in [1.807, 2.05) is 19.1 Å². The minimum Gasteiger partial charge on any atom is -0.492 e. The van der Waals surface area contributed by atoms with Crippen LogP contribution in [0.4, 0.5) is 4.79 Å². The molecule has 1 aliphatic rings. The predicted octanol–water partition coefficient (Wildman–Crippen LogP) is 5.67. The smallest absolute Gasteiger partial charge is 0.409 e. The maximum absolute atomic E-state index is 11.7. The van der Waals surface area contributed by atoms with Crippen LogP contribution in [0, 0.1) is 5.41 Å². The summed E-state index contributed by atoms with van der Waals surface area (Å²) in [6.07, 6.45) is 4.09. The molecular formula is C23H38Cl2N2O3. The molecule has 0 radical (unpaired) electrons. The molecule has 7 heteroatoms. The molecular weight excluding hydrogens is 423 g/mol. The van der Waals surface area contributed by atoms with E-state index in [1.165, 1.54) is 5.56 Å². The Balaban J connectivity index is 0.00000450. The Morgan fingerprint density at radius 1 is 1.10 bits per heavy atom. The van der Waals surface area contributed by atoms with Crippen molar-refractivity contribution >= 4 is 30.1 Å². The van der Waals surface area contributed by atoms with Crippen molar-refractivity contribution in [3.05, 3.63) is 28.8 Å². The number of hydrogen-bond acceptors (Lipinski definition) is 4. The average molecular weight is 461 g/mol. The van der Waals surface area contributed by atoms with Crippen molar-refractivity contribution in [3.8, 4) is 5.75 Å². The van der Waals surface area contributed by atoms with E-state index in [0.717, 1.165) is 64.2 Å². The number of carbonyl (C=O) groups is 1. The first-order valence-corrected chi connectivity index (χ1v) is 11.2. The predicted molar refractivity (Wildman–Crippen MR) is 126 cm³/mol. The number of piperazine rings is 1. The van der Waals surface area contributed by atoms with Crippen molar-refractivity contribution < 1.29 is 14.3 Å². The molecule has 2 rings (SSSR count). The SMILES string of the molecule is CCOC(=O)N1CCN(CCCCCOc2ccc(CC(C)(C)C)cc2Cl)CC1.Cl. The molecule has 1 saturated heterocycles. The normalized spacial score (nSPS) is 14.9. The maximum Gasteiger partial charge on any atom is 0.409 e. The van der Waals surface area contributed by atoms with E-state index >= 15 is 0 Å². The molecule has 1 aromatic carbocycles. The number of amides is 1. The highest BCUT2D eigenvalue weighted by molar-refractivity contribution is 6.32. The summed E-state index contributed by atoms with van der Waals surface area (Å²) in [7, 11) is 0. The zero-order valence-electron chi connectivity index (χ0n) is 18.9.